The van der Waals surface area contributed by atoms with Gasteiger partial charge in [-0.25, -0.2) is 0 Å². The molecule has 0 saturated carbocycles. The SMILES string of the molecule is C#Cc1cccc(NC(=O)CN(C)C(=O)c2cc(SC)ccc2Cl)c1. The predicted octanol–water partition coefficient (Wildman–Crippen LogP) is 3.75. The summed E-state index contributed by atoms with van der Waals surface area (Å²) in [7, 11) is 1.56. The summed E-state index contributed by atoms with van der Waals surface area (Å²) in [4.78, 5) is 27.0. The van der Waals surface area contributed by atoms with Gasteiger partial charge >= 0.3 is 0 Å². The minimum absolute atomic E-state index is 0.0983. The van der Waals surface area contributed by atoms with Gasteiger partial charge in [0.15, 0.2) is 0 Å². The average molecular weight is 373 g/mol. The van der Waals surface area contributed by atoms with Crippen LogP contribution in [0, 0.1) is 12.3 Å². The van der Waals surface area contributed by atoms with Crippen LogP contribution in [0.15, 0.2) is 47.4 Å². The van der Waals surface area contributed by atoms with Gasteiger partial charge in [-0.1, -0.05) is 23.6 Å². The number of carbonyl (C=O) groups is 2. The number of likely N-dealkylation sites (N-methyl/N-ethyl adjacent to an activating group) is 1. The van der Waals surface area contributed by atoms with E-state index in [1.165, 1.54) is 16.7 Å². The Hall–Kier alpha value is -2.42. The van der Waals surface area contributed by atoms with E-state index in [1.807, 2.05) is 12.3 Å². The standard InChI is InChI=1S/C19H17ClN2O2S/c1-4-13-6-5-7-14(10-13)21-18(23)12-22(2)19(24)16-11-15(25-3)8-9-17(16)20/h1,5-11H,12H2,2-3H3,(H,21,23). The second kappa shape index (κ2) is 8.61. The zero-order valence-electron chi connectivity index (χ0n) is 13.9. The number of terminal acetylenes is 1. The van der Waals surface area contributed by atoms with Crippen LogP contribution < -0.4 is 5.32 Å². The normalized spacial score (nSPS) is 10.0. The molecule has 0 bridgehead atoms. The first-order chi connectivity index (χ1) is 11.9. The number of benzene rings is 2. The monoisotopic (exact) mass is 372 g/mol. The molecule has 128 valence electrons. The van der Waals surface area contributed by atoms with Crippen molar-refractivity contribution >= 4 is 40.9 Å². The number of thioether (sulfide) groups is 1. The van der Waals surface area contributed by atoms with Gasteiger partial charge in [0, 0.05) is 23.2 Å². The fraction of sp³-hybridized carbons (Fsp3) is 0.158. The molecule has 2 aromatic rings. The Morgan fingerprint density at radius 2 is 2.04 bits per heavy atom. The van der Waals surface area contributed by atoms with E-state index in [9.17, 15) is 9.59 Å². The fourth-order valence-electron chi connectivity index (χ4n) is 2.18. The van der Waals surface area contributed by atoms with Crippen molar-refractivity contribution < 1.29 is 9.59 Å². The molecule has 2 aromatic carbocycles. The molecular weight excluding hydrogens is 356 g/mol. The summed E-state index contributed by atoms with van der Waals surface area (Å²) >= 11 is 7.63. The lowest BCUT2D eigenvalue weighted by Gasteiger charge is -2.18. The number of amides is 2. The van der Waals surface area contributed by atoms with Gasteiger partial charge in [-0.15, -0.1) is 18.2 Å². The van der Waals surface area contributed by atoms with Crippen LogP contribution >= 0.6 is 23.4 Å². The third kappa shape index (κ3) is 5.02. The molecule has 0 heterocycles. The van der Waals surface area contributed by atoms with E-state index in [0.717, 1.165) is 4.90 Å². The van der Waals surface area contributed by atoms with Gasteiger partial charge in [0.1, 0.15) is 0 Å². The smallest absolute Gasteiger partial charge is 0.255 e. The van der Waals surface area contributed by atoms with Crippen molar-refractivity contribution in [2.24, 2.45) is 0 Å². The van der Waals surface area contributed by atoms with Crippen LogP contribution in [0.1, 0.15) is 15.9 Å². The molecule has 2 rings (SSSR count). The van der Waals surface area contributed by atoms with Crippen molar-refractivity contribution in [2.45, 2.75) is 4.90 Å². The molecule has 0 aliphatic rings. The van der Waals surface area contributed by atoms with E-state index in [4.69, 9.17) is 18.0 Å². The number of rotatable bonds is 5. The van der Waals surface area contributed by atoms with Crippen LogP contribution in [0.5, 0.6) is 0 Å². The summed E-state index contributed by atoms with van der Waals surface area (Å²) in [6.45, 7) is -0.0983. The number of hydrogen-bond donors (Lipinski definition) is 1. The van der Waals surface area contributed by atoms with Crippen LogP contribution in [-0.4, -0.2) is 36.6 Å². The van der Waals surface area contributed by atoms with Gasteiger partial charge in [0.05, 0.1) is 17.1 Å². The molecule has 0 radical (unpaired) electrons. The summed E-state index contributed by atoms with van der Waals surface area (Å²) in [5, 5.41) is 3.08. The predicted molar refractivity (Wildman–Crippen MR) is 103 cm³/mol. The maximum absolute atomic E-state index is 12.5. The van der Waals surface area contributed by atoms with Crippen LogP contribution in [0.3, 0.4) is 0 Å². The zero-order chi connectivity index (χ0) is 18.4. The maximum atomic E-state index is 12.5. The van der Waals surface area contributed by atoms with E-state index in [1.54, 1.807) is 43.4 Å². The van der Waals surface area contributed by atoms with E-state index in [0.29, 0.717) is 21.8 Å². The summed E-state index contributed by atoms with van der Waals surface area (Å²) in [6.07, 6.45) is 7.26. The van der Waals surface area contributed by atoms with Gasteiger partial charge in [-0.2, -0.15) is 0 Å². The molecule has 25 heavy (non-hydrogen) atoms. The highest BCUT2D eigenvalue weighted by molar-refractivity contribution is 7.98. The summed E-state index contributed by atoms with van der Waals surface area (Å²) < 4.78 is 0. The van der Waals surface area contributed by atoms with Crippen molar-refractivity contribution in [1.82, 2.24) is 4.90 Å². The Morgan fingerprint density at radius 1 is 1.28 bits per heavy atom. The van der Waals surface area contributed by atoms with E-state index in [2.05, 4.69) is 11.2 Å². The summed E-state index contributed by atoms with van der Waals surface area (Å²) in [5.41, 5.74) is 1.63. The Bertz CT molecular complexity index is 846. The topological polar surface area (TPSA) is 49.4 Å². The van der Waals surface area contributed by atoms with Gasteiger partial charge < -0.3 is 10.2 Å². The van der Waals surface area contributed by atoms with Crippen LogP contribution in [0.25, 0.3) is 0 Å². The molecule has 4 nitrogen and oxygen atoms in total. The number of hydrogen-bond acceptors (Lipinski definition) is 3. The molecule has 0 spiro atoms. The first-order valence-electron chi connectivity index (χ1n) is 7.40. The molecule has 0 fully saturated rings. The van der Waals surface area contributed by atoms with Gasteiger partial charge in [0.2, 0.25) is 5.91 Å². The number of carbonyl (C=O) groups excluding carboxylic acids is 2. The Kier molecular flexibility index (Phi) is 6.51. The third-order valence-electron chi connectivity index (χ3n) is 3.44. The van der Waals surface area contributed by atoms with Crippen molar-refractivity contribution in [3.05, 3.63) is 58.6 Å². The third-order valence-corrected chi connectivity index (χ3v) is 4.50. The second-order valence-corrected chi connectivity index (χ2v) is 6.57. The first kappa shape index (κ1) is 18.9. The second-order valence-electron chi connectivity index (χ2n) is 5.28. The van der Waals surface area contributed by atoms with Gasteiger partial charge in [-0.3, -0.25) is 9.59 Å². The van der Waals surface area contributed by atoms with Crippen LogP contribution in [0.2, 0.25) is 5.02 Å². The highest BCUT2D eigenvalue weighted by Gasteiger charge is 2.18. The number of nitrogens with one attached hydrogen (secondary N) is 1. The molecule has 1 N–H and O–H groups in total. The van der Waals surface area contributed by atoms with E-state index < -0.39 is 0 Å². The molecule has 2 amide bonds. The summed E-state index contributed by atoms with van der Waals surface area (Å²) in [5.74, 6) is 1.88. The highest BCUT2D eigenvalue weighted by Crippen LogP contribution is 2.24. The lowest BCUT2D eigenvalue weighted by Crippen LogP contribution is -2.35. The maximum Gasteiger partial charge on any atom is 0.255 e. The minimum atomic E-state index is -0.317. The molecule has 0 aliphatic heterocycles. The number of halogens is 1. The van der Waals surface area contributed by atoms with Gasteiger partial charge in [0.25, 0.3) is 5.91 Å². The van der Waals surface area contributed by atoms with Crippen molar-refractivity contribution in [3.8, 4) is 12.3 Å². The number of nitrogens with zero attached hydrogens (tertiary/aromatic N) is 1. The molecule has 0 atom stereocenters. The fourth-order valence-corrected chi connectivity index (χ4v) is 2.81. The van der Waals surface area contributed by atoms with Crippen molar-refractivity contribution in [3.63, 3.8) is 0 Å². The first-order valence-corrected chi connectivity index (χ1v) is 9.00. The zero-order valence-corrected chi connectivity index (χ0v) is 15.4. The van der Waals surface area contributed by atoms with Gasteiger partial charge in [-0.05, 0) is 42.7 Å². The van der Waals surface area contributed by atoms with E-state index in [-0.39, 0.29) is 18.4 Å². The van der Waals surface area contributed by atoms with Crippen molar-refractivity contribution in [1.29, 1.82) is 0 Å². The van der Waals surface area contributed by atoms with Crippen molar-refractivity contribution in [2.75, 3.05) is 25.2 Å². The van der Waals surface area contributed by atoms with Crippen LogP contribution in [-0.2, 0) is 4.79 Å². The highest BCUT2D eigenvalue weighted by atomic mass is 35.5. The lowest BCUT2D eigenvalue weighted by atomic mass is 10.2. The molecule has 0 saturated heterocycles. The Morgan fingerprint density at radius 3 is 2.72 bits per heavy atom. The molecule has 0 aliphatic carbocycles. The minimum Gasteiger partial charge on any atom is -0.332 e. The molecular formula is C19H17ClN2O2S. The number of anilines is 1. The Labute approximate surface area is 156 Å². The lowest BCUT2D eigenvalue weighted by molar-refractivity contribution is -0.116. The molecule has 0 aromatic heterocycles. The van der Waals surface area contributed by atoms with Crippen LogP contribution in [0.4, 0.5) is 5.69 Å². The largest absolute Gasteiger partial charge is 0.332 e. The van der Waals surface area contributed by atoms with E-state index >= 15 is 0 Å². The average Bonchev–Trinajstić information content (AvgIpc) is 2.61. The molecule has 0 unspecified atom stereocenters. The molecule has 6 heteroatoms. The Balaban J connectivity index is 2.05. The quantitative estimate of drug-likeness (QED) is 0.642. The summed E-state index contributed by atoms with van der Waals surface area (Å²) in [6, 6.07) is 12.2.